The third kappa shape index (κ3) is 3.63. The van der Waals surface area contributed by atoms with Crippen LogP contribution in [0.2, 0.25) is 0 Å². The molecule has 1 aromatic heterocycles. The summed E-state index contributed by atoms with van der Waals surface area (Å²) < 4.78 is 13.7. The topological polar surface area (TPSA) is 65.2 Å². The van der Waals surface area contributed by atoms with Crippen molar-refractivity contribution in [2.45, 2.75) is 33.2 Å². The number of carbonyl (C=O) groups is 1. The summed E-state index contributed by atoms with van der Waals surface area (Å²) in [4.78, 5) is 29.4. The highest BCUT2D eigenvalue weighted by molar-refractivity contribution is 5.91. The van der Waals surface area contributed by atoms with Gasteiger partial charge in [0.2, 0.25) is 0 Å². The first-order valence-corrected chi connectivity index (χ1v) is 9.27. The van der Waals surface area contributed by atoms with Crippen LogP contribution in [0.25, 0.3) is 10.8 Å². The Morgan fingerprint density at radius 3 is 2.57 bits per heavy atom. The molecular weight excluding hydrogens is 357 g/mol. The molecule has 0 saturated heterocycles. The second-order valence-corrected chi connectivity index (χ2v) is 6.92. The van der Waals surface area contributed by atoms with Gasteiger partial charge in [0.1, 0.15) is 5.82 Å². The fourth-order valence-corrected chi connectivity index (χ4v) is 3.47. The molecule has 2 aromatic carbocycles. The molecule has 0 spiro atoms. The zero-order valence-electron chi connectivity index (χ0n) is 16.5. The van der Waals surface area contributed by atoms with Crippen LogP contribution in [-0.2, 0) is 6.42 Å². The summed E-state index contributed by atoms with van der Waals surface area (Å²) in [5.74, 6) is -0.280. The molecule has 0 aliphatic carbocycles. The summed E-state index contributed by atoms with van der Waals surface area (Å²) in [6.07, 6.45) is 0.546. The molecule has 28 heavy (non-hydrogen) atoms. The Kier molecular flexibility index (Phi) is 5.49. The van der Waals surface area contributed by atoms with Crippen molar-refractivity contribution in [3.63, 3.8) is 0 Å². The maximum Gasteiger partial charge on any atom is 0.322 e. The first-order valence-electron chi connectivity index (χ1n) is 9.27. The number of nitrogens with one attached hydrogen (secondary N) is 2. The van der Waals surface area contributed by atoms with E-state index in [1.54, 1.807) is 30.1 Å². The molecule has 1 atom stereocenters. The summed E-state index contributed by atoms with van der Waals surface area (Å²) in [6, 6.07) is 11.3. The van der Waals surface area contributed by atoms with Gasteiger partial charge in [0.05, 0.1) is 6.04 Å². The zero-order chi connectivity index (χ0) is 20.4. The van der Waals surface area contributed by atoms with E-state index in [1.807, 2.05) is 39.0 Å². The van der Waals surface area contributed by atoms with Gasteiger partial charge in [-0.1, -0.05) is 25.1 Å². The summed E-state index contributed by atoms with van der Waals surface area (Å²) in [5.41, 5.74) is 2.57. The number of amides is 2. The van der Waals surface area contributed by atoms with Crippen molar-refractivity contribution in [1.29, 1.82) is 0 Å². The number of rotatable bonds is 4. The van der Waals surface area contributed by atoms with Crippen LogP contribution in [-0.4, -0.2) is 23.0 Å². The lowest BCUT2D eigenvalue weighted by Gasteiger charge is -2.27. The zero-order valence-corrected chi connectivity index (χ0v) is 16.5. The Balaban J connectivity index is 1.91. The third-order valence-electron chi connectivity index (χ3n) is 5.16. The van der Waals surface area contributed by atoms with Gasteiger partial charge in [0.25, 0.3) is 5.56 Å². The average molecular weight is 381 g/mol. The predicted molar refractivity (Wildman–Crippen MR) is 110 cm³/mol. The molecule has 3 rings (SSSR count). The van der Waals surface area contributed by atoms with Gasteiger partial charge in [-0.3, -0.25) is 4.79 Å². The highest BCUT2D eigenvalue weighted by Gasteiger charge is 2.22. The van der Waals surface area contributed by atoms with Crippen molar-refractivity contribution >= 4 is 22.5 Å². The number of aromatic nitrogens is 1. The van der Waals surface area contributed by atoms with Crippen molar-refractivity contribution in [1.82, 2.24) is 9.88 Å². The van der Waals surface area contributed by atoms with Crippen LogP contribution in [0.5, 0.6) is 0 Å². The van der Waals surface area contributed by atoms with E-state index in [0.717, 1.165) is 16.6 Å². The average Bonchev–Trinajstić information content (AvgIpc) is 2.68. The number of benzene rings is 2. The molecule has 0 radical (unpaired) electrons. The number of fused-ring (bicyclic) bond motifs is 1. The van der Waals surface area contributed by atoms with E-state index < -0.39 is 0 Å². The number of H-pyrrole nitrogens is 1. The van der Waals surface area contributed by atoms with Crippen LogP contribution in [0.15, 0.2) is 47.3 Å². The largest absolute Gasteiger partial charge is 0.326 e. The lowest BCUT2D eigenvalue weighted by Crippen LogP contribution is -2.34. The lowest BCUT2D eigenvalue weighted by molar-refractivity contribution is 0.208. The van der Waals surface area contributed by atoms with Crippen LogP contribution in [0.1, 0.15) is 36.7 Å². The van der Waals surface area contributed by atoms with E-state index in [4.69, 9.17) is 0 Å². The second-order valence-electron chi connectivity index (χ2n) is 6.92. The molecule has 0 aliphatic rings. The van der Waals surface area contributed by atoms with Gasteiger partial charge < -0.3 is 15.2 Å². The van der Waals surface area contributed by atoms with Crippen LogP contribution >= 0.6 is 0 Å². The molecule has 0 fully saturated rings. The van der Waals surface area contributed by atoms with Gasteiger partial charge >= 0.3 is 6.03 Å². The Labute approximate surface area is 163 Å². The number of nitrogens with zero attached hydrogens (tertiary/aromatic N) is 1. The quantitative estimate of drug-likeness (QED) is 0.684. The van der Waals surface area contributed by atoms with Crippen molar-refractivity contribution in [2.75, 3.05) is 12.4 Å². The van der Waals surface area contributed by atoms with Crippen LogP contribution in [0.4, 0.5) is 14.9 Å². The number of aryl methyl sites for hydroxylation is 2. The van der Waals surface area contributed by atoms with Crippen LogP contribution in [0, 0.1) is 12.7 Å². The van der Waals surface area contributed by atoms with Crippen LogP contribution in [0.3, 0.4) is 0 Å². The van der Waals surface area contributed by atoms with Gasteiger partial charge in [0, 0.05) is 29.4 Å². The van der Waals surface area contributed by atoms with Crippen molar-refractivity contribution < 1.29 is 9.18 Å². The Bertz CT molecular complexity index is 1090. The number of urea groups is 1. The van der Waals surface area contributed by atoms with Crippen molar-refractivity contribution in [3.8, 4) is 0 Å². The number of carbonyl (C=O) groups excluding carboxylic acids is 1. The molecule has 0 saturated carbocycles. The second kappa shape index (κ2) is 7.84. The van der Waals surface area contributed by atoms with Crippen molar-refractivity contribution in [2.24, 2.45) is 0 Å². The molecule has 0 bridgehead atoms. The molecule has 146 valence electrons. The van der Waals surface area contributed by atoms with Gasteiger partial charge in [0.15, 0.2) is 0 Å². The lowest BCUT2D eigenvalue weighted by atomic mass is 9.98. The van der Waals surface area contributed by atoms with E-state index in [0.29, 0.717) is 23.1 Å². The first-order chi connectivity index (χ1) is 13.3. The first kappa shape index (κ1) is 19.6. The van der Waals surface area contributed by atoms with Gasteiger partial charge in [-0.25, -0.2) is 9.18 Å². The minimum absolute atomic E-state index is 0.144. The minimum Gasteiger partial charge on any atom is -0.326 e. The molecule has 3 aromatic rings. The maximum atomic E-state index is 13.7. The summed E-state index contributed by atoms with van der Waals surface area (Å²) in [6.45, 7) is 5.61. The smallest absolute Gasteiger partial charge is 0.322 e. The number of anilines is 1. The SMILES string of the molecule is CCc1cc(NC(=O)N(C)C(C)c2c(C)[nH]c(=O)c3ccccc23)ccc1F. The number of pyridine rings is 1. The van der Waals surface area contributed by atoms with Gasteiger partial charge in [-0.2, -0.15) is 0 Å². The molecule has 6 heteroatoms. The van der Waals surface area contributed by atoms with E-state index >= 15 is 0 Å². The molecule has 1 heterocycles. The van der Waals surface area contributed by atoms with Crippen LogP contribution < -0.4 is 10.9 Å². The molecule has 1 unspecified atom stereocenters. The van der Waals surface area contributed by atoms with E-state index in [1.165, 1.54) is 6.07 Å². The number of halogens is 1. The van der Waals surface area contributed by atoms with Gasteiger partial charge in [-0.05, 0) is 55.5 Å². The third-order valence-corrected chi connectivity index (χ3v) is 5.16. The summed E-state index contributed by atoms with van der Waals surface area (Å²) >= 11 is 0. The van der Waals surface area contributed by atoms with E-state index in [-0.39, 0.29) is 23.4 Å². The molecular formula is C22H24FN3O2. The van der Waals surface area contributed by atoms with Gasteiger partial charge in [-0.15, -0.1) is 0 Å². The Morgan fingerprint density at radius 2 is 1.89 bits per heavy atom. The number of hydrogen-bond acceptors (Lipinski definition) is 2. The van der Waals surface area contributed by atoms with E-state index in [2.05, 4.69) is 10.3 Å². The molecule has 5 nitrogen and oxygen atoms in total. The number of hydrogen-bond donors (Lipinski definition) is 2. The summed E-state index contributed by atoms with van der Waals surface area (Å²) in [5, 5.41) is 4.24. The molecule has 0 aliphatic heterocycles. The Hall–Kier alpha value is -3.15. The van der Waals surface area contributed by atoms with Crippen molar-refractivity contribution in [3.05, 3.63) is 75.5 Å². The minimum atomic E-state index is -0.309. The number of aromatic amines is 1. The highest BCUT2D eigenvalue weighted by Crippen LogP contribution is 2.28. The predicted octanol–water partition coefficient (Wildman–Crippen LogP) is 4.76. The monoisotopic (exact) mass is 381 g/mol. The molecule has 2 N–H and O–H groups in total. The Morgan fingerprint density at radius 1 is 1.21 bits per heavy atom. The maximum absolute atomic E-state index is 13.7. The fourth-order valence-electron chi connectivity index (χ4n) is 3.47. The standard InChI is InChI=1S/C22H24FN3O2/c1-5-15-12-16(10-11-19(15)23)25-22(28)26(4)14(3)20-13(2)24-21(27)18-9-7-6-8-17(18)20/h6-12,14H,5H2,1-4H3,(H,24,27)(H,25,28). The highest BCUT2D eigenvalue weighted by atomic mass is 19.1. The van der Waals surface area contributed by atoms with E-state index in [9.17, 15) is 14.0 Å². The normalized spacial score (nSPS) is 12.0. The molecule has 2 amide bonds. The fraction of sp³-hybridized carbons (Fsp3) is 0.273. The summed E-state index contributed by atoms with van der Waals surface area (Å²) in [7, 11) is 1.70.